The van der Waals surface area contributed by atoms with E-state index >= 15 is 0 Å². The molecule has 0 saturated carbocycles. The lowest BCUT2D eigenvalue weighted by Gasteiger charge is -2.15. The Balaban J connectivity index is 1.70. The van der Waals surface area contributed by atoms with Crippen LogP contribution in [0.1, 0.15) is 104 Å². The molecule has 0 amide bonds. The van der Waals surface area contributed by atoms with Gasteiger partial charge in [0.05, 0.1) is 15.5 Å². The SMILES string of the molecule is CC(=CCc1c(C)c(N=Nc2ccc(S(N)(=O)=O)cc2[N+](=O)[O-])c2ccccc2c1O)CCCC(C)CCCC(C)CCCC(C)C. The minimum Gasteiger partial charge on any atom is -0.507 e. The van der Waals surface area contributed by atoms with Crippen LogP contribution in [0.3, 0.4) is 0 Å². The molecule has 0 radical (unpaired) electrons. The number of benzene rings is 3. The Labute approximate surface area is 280 Å². The van der Waals surface area contributed by atoms with Crippen molar-refractivity contribution in [2.75, 3.05) is 0 Å². The Hall–Kier alpha value is -3.63. The van der Waals surface area contributed by atoms with Crippen molar-refractivity contribution < 1.29 is 18.4 Å². The normalized spacial score (nSPS) is 13.9. The summed E-state index contributed by atoms with van der Waals surface area (Å²) >= 11 is 0. The van der Waals surface area contributed by atoms with Gasteiger partial charge in [-0.25, -0.2) is 13.6 Å². The first-order chi connectivity index (χ1) is 22.2. The van der Waals surface area contributed by atoms with E-state index in [0.29, 0.717) is 39.9 Å². The van der Waals surface area contributed by atoms with Crippen LogP contribution in [0.5, 0.6) is 5.75 Å². The average molecular weight is 665 g/mol. The number of primary sulfonamides is 1. The number of nitrogens with two attached hydrogens (primary N) is 1. The molecule has 0 fully saturated rings. The maximum atomic E-state index is 11.7. The number of hydrogen-bond acceptors (Lipinski definition) is 7. The van der Waals surface area contributed by atoms with Crippen LogP contribution in [-0.4, -0.2) is 18.4 Å². The summed E-state index contributed by atoms with van der Waals surface area (Å²) in [6.45, 7) is 13.3. The van der Waals surface area contributed by atoms with Gasteiger partial charge in [-0.2, -0.15) is 0 Å². The first kappa shape index (κ1) is 37.8. The molecule has 3 aromatic carbocycles. The zero-order chi connectivity index (χ0) is 34.7. The lowest BCUT2D eigenvalue weighted by Crippen LogP contribution is -2.12. The van der Waals surface area contributed by atoms with Crippen LogP contribution < -0.4 is 5.14 Å². The fourth-order valence-corrected chi connectivity index (χ4v) is 6.59. The summed E-state index contributed by atoms with van der Waals surface area (Å²) in [4.78, 5) is 10.6. The highest BCUT2D eigenvalue weighted by Crippen LogP contribution is 2.42. The van der Waals surface area contributed by atoms with Crippen molar-refractivity contribution in [2.45, 2.75) is 111 Å². The van der Waals surface area contributed by atoms with Gasteiger partial charge in [0.1, 0.15) is 5.75 Å². The monoisotopic (exact) mass is 664 g/mol. The molecule has 3 aromatic rings. The summed E-state index contributed by atoms with van der Waals surface area (Å²) < 4.78 is 23.5. The molecule has 10 heteroatoms. The first-order valence-electron chi connectivity index (χ1n) is 16.8. The van der Waals surface area contributed by atoms with Crippen LogP contribution >= 0.6 is 0 Å². The van der Waals surface area contributed by atoms with Gasteiger partial charge in [-0.1, -0.05) is 109 Å². The minimum absolute atomic E-state index is 0.110. The molecular formula is C37H52N4O5S. The number of phenolic OH excluding ortho intramolecular Hbond substituents is 1. The number of rotatable bonds is 18. The molecule has 0 bridgehead atoms. The van der Waals surface area contributed by atoms with Crippen molar-refractivity contribution in [1.29, 1.82) is 0 Å². The second kappa shape index (κ2) is 17.5. The molecule has 0 aliphatic rings. The number of hydrogen-bond donors (Lipinski definition) is 2. The van der Waals surface area contributed by atoms with Crippen LogP contribution in [0.15, 0.2) is 69.2 Å². The number of fused-ring (bicyclic) bond motifs is 1. The van der Waals surface area contributed by atoms with Crippen LogP contribution in [0.4, 0.5) is 17.1 Å². The van der Waals surface area contributed by atoms with Gasteiger partial charge in [-0.05, 0) is 68.6 Å². The number of phenols is 1. The predicted octanol–water partition coefficient (Wildman–Crippen LogP) is 10.8. The van der Waals surface area contributed by atoms with E-state index in [1.54, 1.807) is 6.07 Å². The van der Waals surface area contributed by atoms with Gasteiger partial charge in [0.2, 0.25) is 10.0 Å². The van der Waals surface area contributed by atoms with E-state index in [4.69, 9.17) is 5.14 Å². The van der Waals surface area contributed by atoms with Crippen LogP contribution in [0.2, 0.25) is 0 Å². The van der Waals surface area contributed by atoms with Gasteiger partial charge in [-0.15, -0.1) is 10.2 Å². The number of nitro benzene ring substituents is 1. The molecular weight excluding hydrogens is 612 g/mol. The minimum atomic E-state index is -4.13. The second-order valence-electron chi connectivity index (χ2n) is 13.6. The van der Waals surface area contributed by atoms with E-state index in [0.717, 1.165) is 36.8 Å². The third-order valence-electron chi connectivity index (χ3n) is 9.06. The lowest BCUT2D eigenvalue weighted by atomic mass is 9.91. The Bertz CT molecular complexity index is 1700. The Morgan fingerprint density at radius 2 is 1.53 bits per heavy atom. The van der Waals surface area contributed by atoms with E-state index in [9.17, 15) is 23.6 Å². The van der Waals surface area contributed by atoms with Crippen molar-refractivity contribution in [3.63, 3.8) is 0 Å². The van der Waals surface area contributed by atoms with Crippen molar-refractivity contribution in [2.24, 2.45) is 33.1 Å². The molecule has 0 heterocycles. The summed E-state index contributed by atoms with van der Waals surface area (Å²) in [5.41, 5.74) is 2.53. The summed E-state index contributed by atoms with van der Waals surface area (Å²) in [6.07, 6.45) is 13.9. The van der Waals surface area contributed by atoms with Gasteiger partial charge in [0.25, 0.3) is 5.69 Å². The number of nitro groups is 1. The number of aromatic hydroxyl groups is 1. The van der Waals surface area contributed by atoms with E-state index in [2.05, 4.69) is 50.9 Å². The van der Waals surface area contributed by atoms with Crippen LogP contribution in [0, 0.1) is 34.8 Å². The standard InChI is InChI=1S/C37H52N4O5S/c1-25(2)12-9-13-26(3)14-10-15-27(4)16-11-17-28(5)20-22-31-29(6)36(32-18-7-8-19-33(32)37(31)42)40-39-34-23-21-30(47(38,45)46)24-35(34)41(43)44/h7-8,18-21,23-27,42H,9-17,22H2,1-6H3,(H2,38,45,46). The fraction of sp³-hybridized carbons (Fsp3) is 0.514. The molecule has 0 saturated heterocycles. The zero-order valence-electron chi connectivity index (χ0n) is 28.8. The topological polar surface area (TPSA) is 148 Å². The largest absolute Gasteiger partial charge is 0.507 e. The molecule has 9 nitrogen and oxygen atoms in total. The van der Waals surface area contributed by atoms with Gasteiger partial charge >= 0.3 is 0 Å². The summed E-state index contributed by atoms with van der Waals surface area (Å²) in [5, 5.41) is 37.9. The maximum Gasteiger partial charge on any atom is 0.298 e. The number of allylic oxidation sites excluding steroid dienone is 2. The highest BCUT2D eigenvalue weighted by Gasteiger charge is 2.20. The molecule has 256 valence electrons. The fourth-order valence-electron chi connectivity index (χ4n) is 6.06. The average Bonchev–Trinajstić information content (AvgIpc) is 3.00. The molecule has 3 N–H and O–H groups in total. The predicted molar refractivity (Wildman–Crippen MR) is 191 cm³/mol. The quantitative estimate of drug-likeness (QED) is 0.0600. The molecule has 0 aliphatic carbocycles. The highest BCUT2D eigenvalue weighted by atomic mass is 32.2. The maximum absolute atomic E-state index is 11.7. The lowest BCUT2D eigenvalue weighted by molar-refractivity contribution is -0.384. The van der Waals surface area contributed by atoms with Crippen molar-refractivity contribution in [3.8, 4) is 5.75 Å². The van der Waals surface area contributed by atoms with Crippen molar-refractivity contribution in [1.82, 2.24) is 0 Å². The molecule has 2 unspecified atom stereocenters. The van der Waals surface area contributed by atoms with E-state index in [1.165, 1.54) is 56.6 Å². The smallest absolute Gasteiger partial charge is 0.298 e. The number of nitrogens with zero attached hydrogens (tertiary/aromatic N) is 3. The van der Waals surface area contributed by atoms with Crippen LogP contribution in [0.25, 0.3) is 10.8 Å². The zero-order valence-corrected chi connectivity index (χ0v) is 29.6. The molecule has 0 aromatic heterocycles. The molecule has 2 atom stereocenters. The Morgan fingerprint density at radius 1 is 0.936 bits per heavy atom. The number of azo groups is 1. The summed E-state index contributed by atoms with van der Waals surface area (Å²) in [5.74, 6) is 2.49. The van der Waals surface area contributed by atoms with Gasteiger partial charge in [0, 0.05) is 22.4 Å². The summed E-state index contributed by atoms with van der Waals surface area (Å²) in [6, 6.07) is 10.5. The highest BCUT2D eigenvalue weighted by molar-refractivity contribution is 7.89. The first-order valence-corrected chi connectivity index (χ1v) is 18.3. The Kier molecular flexibility index (Phi) is 14.1. The van der Waals surface area contributed by atoms with E-state index < -0.39 is 20.6 Å². The third-order valence-corrected chi connectivity index (χ3v) is 9.97. The van der Waals surface area contributed by atoms with Crippen LogP contribution in [-0.2, 0) is 16.4 Å². The van der Waals surface area contributed by atoms with Gasteiger partial charge < -0.3 is 5.11 Å². The molecule has 47 heavy (non-hydrogen) atoms. The molecule has 0 aliphatic heterocycles. The molecule has 3 rings (SSSR count). The van der Waals surface area contributed by atoms with E-state index in [1.807, 2.05) is 25.1 Å². The number of sulfonamides is 1. The summed E-state index contributed by atoms with van der Waals surface area (Å²) in [7, 11) is -4.13. The van der Waals surface area contributed by atoms with Crippen molar-refractivity contribution in [3.05, 3.63) is 75.4 Å². The third kappa shape index (κ3) is 11.2. The van der Waals surface area contributed by atoms with E-state index in [-0.39, 0.29) is 16.3 Å². The Morgan fingerprint density at radius 3 is 2.13 bits per heavy atom. The van der Waals surface area contributed by atoms with Gasteiger partial charge in [0.15, 0.2) is 5.69 Å². The molecule has 0 spiro atoms. The van der Waals surface area contributed by atoms with Gasteiger partial charge in [-0.3, -0.25) is 10.1 Å². The van der Waals surface area contributed by atoms with Crippen molar-refractivity contribution >= 4 is 37.9 Å². The second-order valence-corrected chi connectivity index (χ2v) is 15.2.